The van der Waals surface area contributed by atoms with Gasteiger partial charge in [0.05, 0.1) is 0 Å². The Morgan fingerprint density at radius 3 is 2.62 bits per heavy atom. The third-order valence-electron chi connectivity index (χ3n) is 2.59. The van der Waals surface area contributed by atoms with E-state index in [1.807, 2.05) is 13.1 Å². The zero-order valence-electron chi connectivity index (χ0n) is 7.57. The predicted molar refractivity (Wildman–Crippen MR) is 50.8 cm³/mol. The normalized spacial score (nSPS) is 15.9. The summed E-state index contributed by atoms with van der Waals surface area (Å²) in [5.41, 5.74) is 2.68. The van der Waals surface area contributed by atoms with Crippen LogP contribution in [-0.4, -0.2) is 22.2 Å². The molecule has 0 bridgehead atoms. The van der Waals surface area contributed by atoms with Gasteiger partial charge in [-0.05, 0) is 36.8 Å². The second kappa shape index (κ2) is 3.12. The average Bonchev–Trinajstić information content (AvgIpc) is 2.87. The summed E-state index contributed by atoms with van der Waals surface area (Å²) in [5.74, 6) is 0.603. The molecule has 0 radical (unpaired) electrons. The van der Waals surface area contributed by atoms with Gasteiger partial charge in [-0.15, -0.1) is 0 Å². The SMILES string of the molecule is Cc1c(B(O)O)cncc1C1CC1. The highest BCUT2D eigenvalue weighted by Crippen LogP contribution is 2.40. The molecule has 2 rings (SSSR count). The lowest BCUT2D eigenvalue weighted by atomic mass is 9.77. The zero-order valence-corrected chi connectivity index (χ0v) is 7.57. The van der Waals surface area contributed by atoms with E-state index in [0.29, 0.717) is 11.4 Å². The van der Waals surface area contributed by atoms with Crippen molar-refractivity contribution in [1.82, 2.24) is 4.98 Å². The van der Waals surface area contributed by atoms with Crippen molar-refractivity contribution < 1.29 is 10.0 Å². The molecule has 1 aliphatic rings. The Morgan fingerprint density at radius 1 is 1.38 bits per heavy atom. The van der Waals surface area contributed by atoms with E-state index < -0.39 is 7.12 Å². The summed E-state index contributed by atoms with van der Waals surface area (Å²) < 4.78 is 0. The van der Waals surface area contributed by atoms with Gasteiger partial charge in [-0.3, -0.25) is 4.98 Å². The quantitative estimate of drug-likeness (QED) is 0.622. The van der Waals surface area contributed by atoms with Crippen molar-refractivity contribution >= 4 is 12.6 Å². The lowest BCUT2D eigenvalue weighted by Gasteiger charge is -2.08. The smallest absolute Gasteiger partial charge is 0.423 e. The molecule has 0 spiro atoms. The summed E-state index contributed by atoms with van der Waals surface area (Å²) in [6.45, 7) is 1.92. The first kappa shape index (κ1) is 8.72. The fraction of sp³-hybridized carbons (Fsp3) is 0.444. The number of hydrogen-bond donors (Lipinski definition) is 2. The summed E-state index contributed by atoms with van der Waals surface area (Å²) >= 11 is 0. The minimum Gasteiger partial charge on any atom is -0.423 e. The van der Waals surface area contributed by atoms with Crippen LogP contribution in [0.15, 0.2) is 12.4 Å². The van der Waals surface area contributed by atoms with E-state index in [9.17, 15) is 0 Å². The van der Waals surface area contributed by atoms with Gasteiger partial charge in [0.25, 0.3) is 0 Å². The molecule has 1 saturated carbocycles. The number of rotatable bonds is 2. The average molecular weight is 177 g/mol. The summed E-state index contributed by atoms with van der Waals surface area (Å²) in [7, 11) is -1.40. The fourth-order valence-corrected chi connectivity index (χ4v) is 1.62. The first-order valence-corrected chi connectivity index (χ1v) is 4.50. The predicted octanol–water partition coefficient (Wildman–Crippen LogP) is -0.0528. The van der Waals surface area contributed by atoms with Crippen LogP contribution < -0.4 is 5.46 Å². The minimum absolute atomic E-state index is 0.532. The summed E-state index contributed by atoms with van der Waals surface area (Å²) in [5, 5.41) is 18.1. The Hall–Kier alpha value is -0.865. The first-order chi connectivity index (χ1) is 6.20. The maximum Gasteiger partial charge on any atom is 0.490 e. The van der Waals surface area contributed by atoms with Crippen LogP contribution in [0.5, 0.6) is 0 Å². The van der Waals surface area contributed by atoms with E-state index >= 15 is 0 Å². The van der Waals surface area contributed by atoms with Crippen LogP contribution in [0.2, 0.25) is 0 Å². The van der Waals surface area contributed by atoms with Crippen molar-refractivity contribution in [2.24, 2.45) is 0 Å². The molecule has 0 saturated heterocycles. The van der Waals surface area contributed by atoms with Gasteiger partial charge in [0.15, 0.2) is 0 Å². The molecule has 1 fully saturated rings. The van der Waals surface area contributed by atoms with Crippen LogP contribution in [0.3, 0.4) is 0 Å². The molecule has 2 N–H and O–H groups in total. The maximum atomic E-state index is 9.05. The molecule has 1 aromatic rings. The van der Waals surface area contributed by atoms with Gasteiger partial charge in [-0.2, -0.15) is 0 Å². The Morgan fingerprint density at radius 2 is 2.08 bits per heavy atom. The van der Waals surface area contributed by atoms with Crippen molar-refractivity contribution in [3.8, 4) is 0 Å². The molecule has 13 heavy (non-hydrogen) atoms. The van der Waals surface area contributed by atoms with Gasteiger partial charge in [0, 0.05) is 17.9 Å². The Kier molecular flexibility index (Phi) is 2.10. The van der Waals surface area contributed by atoms with Crippen LogP contribution in [0.4, 0.5) is 0 Å². The molecule has 68 valence electrons. The molecule has 1 aliphatic carbocycles. The highest BCUT2D eigenvalue weighted by Gasteiger charge is 2.27. The van der Waals surface area contributed by atoms with Crippen molar-refractivity contribution in [3.63, 3.8) is 0 Å². The van der Waals surface area contributed by atoms with Crippen LogP contribution in [0.1, 0.15) is 29.9 Å². The summed E-state index contributed by atoms with van der Waals surface area (Å²) in [6.07, 6.45) is 5.76. The lowest BCUT2D eigenvalue weighted by molar-refractivity contribution is 0.425. The minimum atomic E-state index is -1.40. The molecule has 0 atom stereocenters. The zero-order chi connectivity index (χ0) is 9.42. The van der Waals surface area contributed by atoms with Crippen LogP contribution in [0.25, 0.3) is 0 Å². The van der Waals surface area contributed by atoms with E-state index in [0.717, 1.165) is 5.56 Å². The van der Waals surface area contributed by atoms with Crippen LogP contribution in [0, 0.1) is 6.92 Å². The van der Waals surface area contributed by atoms with Crippen molar-refractivity contribution in [1.29, 1.82) is 0 Å². The monoisotopic (exact) mass is 177 g/mol. The van der Waals surface area contributed by atoms with Gasteiger partial charge in [-0.1, -0.05) is 0 Å². The van der Waals surface area contributed by atoms with Gasteiger partial charge >= 0.3 is 7.12 Å². The largest absolute Gasteiger partial charge is 0.490 e. The number of nitrogens with zero attached hydrogens (tertiary/aromatic N) is 1. The number of pyridine rings is 1. The Balaban J connectivity index is 2.41. The van der Waals surface area contributed by atoms with E-state index in [2.05, 4.69) is 4.98 Å². The lowest BCUT2D eigenvalue weighted by Crippen LogP contribution is -2.33. The molecule has 1 aromatic heterocycles. The molecular formula is C9H12BNO2. The van der Waals surface area contributed by atoms with Crippen molar-refractivity contribution in [2.75, 3.05) is 0 Å². The number of hydrogen-bond acceptors (Lipinski definition) is 3. The standard InChI is InChI=1S/C9H12BNO2/c1-6-8(7-2-3-7)4-11-5-9(6)10(12)13/h4-5,7,12-13H,2-3H2,1H3. The van der Waals surface area contributed by atoms with Gasteiger partial charge < -0.3 is 10.0 Å². The van der Waals surface area contributed by atoms with Gasteiger partial charge in [0.1, 0.15) is 0 Å². The highest BCUT2D eigenvalue weighted by atomic mass is 16.4. The maximum absolute atomic E-state index is 9.05. The molecule has 4 heteroatoms. The molecule has 1 heterocycles. The molecule has 0 unspecified atom stereocenters. The Labute approximate surface area is 77.6 Å². The molecule has 0 aliphatic heterocycles. The molecule has 0 aromatic carbocycles. The fourth-order valence-electron chi connectivity index (χ4n) is 1.62. The summed E-state index contributed by atoms with van der Waals surface area (Å²) in [6, 6.07) is 0. The van der Waals surface area contributed by atoms with Gasteiger partial charge in [0.2, 0.25) is 0 Å². The van der Waals surface area contributed by atoms with E-state index in [1.165, 1.54) is 24.6 Å². The second-order valence-electron chi connectivity index (χ2n) is 3.59. The van der Waals surface area contributed by atoms with E-state index in [-0.39, 0.29) is 0 Å². The number of aromatic nitrogens is 1. The molecular weight excluding hydrogens is 165 g/mol. The molecule has 3 nitrogen and oxygen atoms in total. The van der Waals surface area contributed by atoms with Crippen LogP contribution in [-0.2, 0) is 0 Å². The van der Waals surface area contributed by atoms with E-state index in [4.69, 9.17) is 10.0 Å². The van der Waals surface area contributed by atoms with E-state index in [1.54, 1.807) is 0 Å². The van der Waals surface area contributed by atoms with Gasteiger partial charge in [-0.25, -0.2) is 0 Å². The van der Waals surface area contributed by atoms with Crippen LogP contribution >= 0.6 is 0 Å². The molecule has 0 amide bonds. The van der Waals surface area contributed by atoms with Crippen molar-refractivity contribution in [2.45, 2.75) is 25.7 Å². The Bertz CT molecular complexity index is 303. The summed E-state index contributed by atoms with van der Waals surface area (Å²) in [4.78, 5) is 4.01. The first-order valence-electron chi connectivity index (χ1n) is 4.50. The highest BCUT2D eigenvalue weighted by molar-refractivity contribution is 6.59. The third-order valence-corrected chi connectivity index (χ3v) is 2.59. The van der Waals surface area contributed by atoms with Crippen molar-refractivity contribution in [3.05, 3.63) is 23.5 Å². The second-order valence-corrected chi connectivity index (χ2v) is 3.59. The third kappa shape index (κ3) is 1.60. The topological polar surface area (TPSA) is 53.4 Å².